The normalized spacial score (nSPS) is 11.7. The van der Waals surface area contributed by atoms with Crippen LogP contribution in [0.2, 0.25) is 8.67 Å². The van der Waals surface area contributed by atoms with Crippen LogP contribution in [0, 0.1) is 12.3 Å². The Hall–Kier alpha value is -1.78. The largest absolute Gasteiger partial charge is 0.495 e. The van der Waals surface area contributed by atoms with Crippen molar-refractivity contribution in [2.45, 2.75) is 6.54 Å². The molecule has 0 aliphatic rings. The topological polar surface area (TPSA) is 43.6 Å². The van der Waals surface area contributed by atoms with Crippen LogP contribution in [0.5, 0.6) is 5.75 Å². The van der Waals surface area contributed by atoms with Crippen LogP contribution in [0.3, 0.4) is 0 Å². The molecule has 0 atom stereocenters. The van der Waals surface area contributed by atoms with Gasteiger partial charge in [0.1, 0.15) is 15.6 Å². The van der Waals surface area contributed by atoms with E-state index in [2.05, 4.69) is 10.9 Å². The standard InChI is InChI=1S/C16H10Cl2N2O2S2/c1-3-7-20-13-10(22-2)5-4-6-11(13)23-16(20)19-15(21)9-8-12(17)24-14(9)18/h1,4-6,8H,7H2,2H3. The molecule has 0 fully saturated rings. The smallest absolute Gasteiger partial charge is 0.282 e. The first kappa shape index (κ1) is 17.1. The summed E-state index contributed by atoms with van der Waals surface area (Å²) in [4.78, 5) is 17.1. The Kier molecular flexibility index (Phi) is 4.97. The van der Waals surface area contributed by atoms with E-state index >= 15 is 0 Å². The molecule has 0 saturated heterocycles. The fraction of sp³-hybridized carbons (Fsp3) is 0.125. The number of amides is 1. The minimum Gasteiger partial charge on any atom is -0.495 e. The molecule has 2 aromatic heterocycles. The molecule has 0 bridgehead atoms. The van der Waals surface area contributed by atoms with Gasteiger partial charge in [-0.15, -0.1) is 17.8 Å². The van der Waals surface area contributed by atoms with Gasteiger partial charge in [-0.2, -0.15) is 4.99 Å². The van der Waals surface area contributed by atoms with Crippen LogP contribution in [-0.4, -0.2) is 17.6 Å². The van der Waals surface area contributed by atoms with Crippen molar-refractivity contribution in [3.8, 4) is 18.1 Å². The maximum atomic E-state index is 12.4. The van der Waals surface area contributed by atoms with Crippen LogP contribution in [0.25, 0.3) is 10.2 Å². The Morgan fingerprint density at radius 2 is 2.21 bits per heavy atom. The highest BCUT2D eigenvalue weighted by Crippen LogP contribution is 2.32. The molecule has 122 valence electrons. The van der Waals surface area contributed by atoms with Gasteiger partial charge in [-0.25, -0.2) is 0 Å². The number of methoxy groups -OCH3 is 1. The number of hydrogen-bond donors (Lipinski definition) is 0. The van der Waals surface area contributed by atoms with Gasteiger partial charge in [0.15, 0.2) is 4.80 Å². The summed E-state index contributed by atoms with van der Waals surface area (Å²) in [6, 6.07) is 7.15. The summed E-state index contributed by atoms with van der Waals surface area (Å²) < 4.78 is 8.85. The highest BCUT2D eigenvalue weighted by atomic mass is 35.5. The third kappa shape index (κ3) is 3.08. The number of terminal acetylenes is 1. The van der Waals surface area contributed by atoms with E-state index in [1.807, 2.05) is 18.2 Å². The molecule has 24 heavy (non-hydrogen) atoms. The molecule has 3 aromatic rings. The Labute approximate surface area is 155 Å². The average molecular weight is 397 g/mol. The second-order valence-electron chi connectivity index (χ2n) is 4.64. The predicted molar refractivity (Wildman–Crippen MR) is 99.4 cm³/mol. The molecule has 0 N–H and O–H groups in total. The average Bonchev–Trinajstić information content (AvgIpc) is 3.07. The number of fused-ring (bicyclic) bond motifs is 1. The summed E-state index contributed by atoms with van der Waals surface area (Å²) in [5.74, 6) is 2.79. The summed E-state index contributed by atoms with van der Waals surface area (Å²) in [6.45, 7) is 0.268. The van der Waals surface area contributed by atoms with E-state index in [4.69, 9.17) is 34.4 Å². The molecule has 0 saturated carbocycles. The maximum absolute atomic E-state index is 12.4. The number of rotatable bonds is 3. The van der Waals surface area contributed by atoms with Crippen LogP contribution in [0.1, 0.15) is 10.4 Å². The number of thiazole rings is 1. The number of halogens is 2. The van der Waals surface area contributed by atoms with E-state index in [0.717, 1.165) is 21.6 Å². The van der Waals surface area contributed by atoms with E-state index in [9.17, 15) is 4.79 Å². The number of thiophene rings is 1. The lowest BCUT2D eigenvalue weighted by Gasteiger charge is -2.05. The number of carbonyl (C=O) groups is 1. The molecule has 4 nitrogen and oxygen atoms in total. The fourth-order valence-corrected chi connectivity index (χ4v) is 4.71. The quantitative estimate of drug-likeness (QED) is 0.613. The Morgan fingerprint density at radius 3 is 2.83 bits per heavy atom. The molecule has 3 rings (SSSR count). The van der Waals surface area contributed by atoms with E-state index in [1.165, 1.54) is 17.4 Å². The third-order valence-electron chi connectivity index (χ3n) is 3.22. The molecule has 0 aliphatic heterocycles. The highest BCUT2D eigenvalue weighted by Gasteiger charge is 2.16. The lowest BCUT2D eigenvalue weighted by atomic mass is 10.3. The van der Waals surface area contributed by atoms with Gasteiger partial charge in [-0.1, -0.05) is 46.5 Å². The number of para-hydroxylation sites is 1. The Morgan fingerprint density at radius 1 is 1.42 bits per heavy atom. The van der Waals surface area contributed by atoms with Crippen molar-refractivity contribution in [3.63, 3.8) is 0 Å². The van der Waals surface area contributed by atoms with Gasteiger partial charge in [0.05, 0.1) is 28.3 Å². The predicted octanol–water partition coefficient (Wildman–Crippen LogP) is 4.45. The van der Waals surface area contributed by atoms with Crippen molar-refractivity contribution in [1.29, 1.82) is 0 Å². The molecule has 1 amide bonds. The molecule has 0 unspecified atom stereocenters. The van der Waals surface area contributed by atoms with Crippen LogP contribution < -0.4 is 9.54 Å². The number of benzene rings is 1. The van der Waals surface area contributed by atoms with Crippen molar-refractivity contribution < 1.29 is 9.53 Å². The lowest BCUT2D eigenvalue weighted by molar-refractivity contribution is 0.0998. The van der Waals surface area contributed by atoms with Crippen LogP contribution >= 0.6 is 45.9 Å². The number of hydrogen-bond acceptors (Lipinski definition) is 4. The molecule has 8 heteroatoms. The molecule has 1 aromatic carbocycles. The van der Waals surface area contributed by atoms with Crippen molar-refractivity contribution in [2.75, 3.05) is 7.11 Å². The third-order valence-corrected chi connectivity index (χ3v) is 5.75. The highest BCUT2D eigenvalue weighted by molar-refractivity contribution is 7.20. The van der Waals surface area contributed by atoms with Crippen molar-refractivity contribution in [2.24, 2.45) is 4.99 Å². The number of aromatic nitrogens is 1. The molecule has 0 spiro atoms. The minimum absolute atomic E-state index is 0.268. The van der Waals surface area contributed by atoms with E-state index < -0.39 is 5.91 Å². The minimum atomic E-state index is -0.459. The second-order valence-corrected chi connectivity index (χ2v) is 7.93. The van der Waals surface area contributed by atoms with Gasteiger partial charge < -0.3 is 9.30 Å². The van der Waals surface area contributed by atoms with Crippen LogP contribution in [0.15, 0.2) is 29.3 Å². The fourth-order valence-electron chi connectivity index (χ4n) is 2.22. The summed E-state index contributed by atoms with van der Waals surface area (Å²) >= 11 is 14.4. The van der Waals surface area contributed by atoms with Gasteiger partial charge in [-0.05, 0) is 18.2 Å². The monoisotopic (exact) mass is 396 g/mol. The van der Waals surface area contributed by atoms with Crippen LogP contribution in [0.4, 0.5) is 0 Å². The molecular weight excluding hydrogens is 387 g/mol. The zero-order valence-electron chi connectivity index (χ0n) is 12.4. The molecule has 2 heterocycles. The van der Waals surface area contributed by atoms with E-state index in [1.54, 1.807) is 11.7 Å². The first-order valence-electron chi connectivity index (χ1n) is 6.69. The summed E-state index contributed by atoms with van der Waals surface area (Å²) in [6.07, 6.45) is 5.47. The van der Waals surface area contributed by atoms with Crippen molar-refractivity contribution in [1.82, 2.24) is 4.57 Å². The van der Waals surface area contributed by atoms with Gasteiger partial charge >= 0.3 is 0 Å². The lowest BCUT2D eigenvalue weighted by Crippen LogP contribution is -2.16. The van der Waals surface area contributed by atoms with Crippen molar-refractivity contribution in [3.05, 3.63) is 43.3 Å². The second kappa shape index (κ2) is 6.99. The van der Waals surface area contributed by atoms with Gasteiger partial charge in [0.25, 0.3) is 5.91 Å². The summed E-state index contributed by atoms with van der Waals surface area (Å²) in [5.41, 5.74) is 1.09. The first-order valence-corrected chi connectivity index (χ1v) is 9.07. The molecule has 0 radical (unpaired) electrons. The van der Waals surface area contributed by atoms with Crippen LogP contribution in [-0.2, 0) is 6.54 Å². The summed E-state index contributed by atoms with van der Waals surface area (Å²) in [5, 5.41) is 0. The Bertz CT molecular complexity index is 1040. The SMILES string of the molecule is C#CCn1c(=NC(=O)c2cc(Cl)sc2Cl)sc2cccc(OC)c21. The number of nitrogens with zero attached hydrogens (tertiary/aromatic N) is 2. The zero-order chi connectivity index (χ0) is 17.3. The Balaban J connectivity index is 2.22. The zero-order valence-corrected chi connectivity index (χ0v) is 15.5. The van der Waals surface area contributed by atoms with E-state index in [0.29, 0.717) is 19.2 Å². The summed E-state index contributed by atoms with van der Waals surface area (Å²) in [7, 11) is 1.59. The van der Waals surface area contributed by atoms with E-state index in [-0.39, 0.29) is 12.1 Å². The van der Waals surface area contributed by atoms with Gasteiger partial charge in [0.2, 0.25) is 0 Å². The number of ether oxygens (including phenoxy) is 1. The number of carbonyl (C=O) groups excluding carboxylic acids is 1. The van der Waals surface area contributed by atoms with Gasteiger partial charge in [0, 0.05) is 0 Å². The van der Waals surface area contributed by atoms with Gasteiger partial charge in [-0.3, -0.25) is 4.79 Å². The van der Waals surface area contributed by atoms with Crippen molar-refractivity contribution >= 4 is 62.0 Å². The molecular formula is C16H10Cl2N2O2S2. The maximum Gasteiger partial charge on any atom is 0.282 e. The molecule has 0 aliphatic carbocycles. The first-order chi connectivity index (χ1) is 11.5.